The van der Waals surface area contributed by atoms with Gasteiger partial charge in [-0.1, -0.05) is 32.0 Å². The van der Waals surface area contributed by atoms with Crippen molar-refractivity contribution in [1.29, 1.82) is 0 Å². The van der Waals surface area contributed by atoms with Gasteiger partial charge in [-0.25, -0.2) is 4.68 Å². The van der Waals surface area contributed by atoms with Crippen LogP contribution in [-0.2, 0) is 11.3 Å². The van der Waals surface area contributed by atoms with E-state index in [4.69, 9.17) is 0 Å². The van der Waals surface area contributed by atoms with Gasteiger partial charge in [0.05, 0.1) is 11.4 Å². The van der Waals surface area contributed by atoms with Crippen molar-refractivity contribution in [2.75, 3.05) is 6.54 Å². The molecule has 0 fully saturated rings. The average molecular weight is 316 g/mol. The fourth-order valence-electron chi connectivity index (χ4n) is 2.19. The monoisotopic (exact) mass is 316 g/mol. The van der Waals surface area contributed by atoms with Gasteiger partial charge in [-0.2, -0.15) is 5.10 Å². The summed E-state index contributed by atoms with van der Waals surface area (Å²) in [5.41, 5.74) is -0.861. The van der Waals surface area contributed by atoms with Gasteiger partial charge in [-0.05, 0) is 18.4 Å². The van der Waals surface area contributed by atoms with Crippen molar-refractivity contribution in [3.63, 3.8) is 0 Å². The van der Waals surface area contributed by atoms with E-state index < -0.39 is 11.5 Å². The van der Waals surface area contributed by atoms with Gasteiger partial charge in [0, 0.05) is 11.9 Å². The second-order valence-electron chi connectivity index (χ2n) is 5.68. The molecule has 1 aromatic carbocycles. The van der Waals surface area contributed by atoms with Gasteiger partial charge in [0.2, 0.25) is 5.91 Å². The molecule has 122 valence electrons. The second kappa shape index (κ2) is 7.04. The van der Waals surface area contributed by atoms with E-state index in [1.165, 1.54) is 12.1 Å². The summed E-state index contributed by atoms with van der Waals surface area (Å²) in [6.07, 6.45) is 0.816. The van der Waals surface area contributed by atoms with Crippen LogP contribution >= 0.6 is 0 Å². The Kier molecular flexibility index (Phi) is 5.10. The molecule has 7 heteroatoms. The first-order chi connectivity index (χ1) is 10.9. The number of carbonyl (C=O) groups is 2. The first-order valence-electron chi connectivity index (χ1n) is 7.38. The zero-order valence-corrected chi connectivity index (χ0v) is 13.0. The summed E-state index contributed by atoms with van der Waals surface area (Å²) >= 11 is 0. The predicted octanol–water partition coefficient (Wildman–Crippen LogP) is -0.0777. The number of hydrogen-bond donors (Lipinski definition) is 1. The quantitative estimate of drug-likeness (QED) is 0.803. The number of rotatable bonds is 6. The Bertz CT molecular complexity index is 796. The molecule has 0 aliphatic heterocycles. The van der Waals surface area contributed by atoms with Gasteiger partial charge in [0.15, 0.2) is 0 Å². The highest BCUT2D eigenvalue weighted by molar-refractivity contribution is 6.00. The maximum Gasteiger partial charge on any atom is 0.275 e. The molecule has 0 spiro atoms. The SMILES string of the molecule is CC(C)CCNC(=O)Cn1nc(C(=O)[O-])c2ccccc2c1=O. The number of nitrogens with zero attached hydrogens (tertiary/aromatic N) is 2. The molecule has 23 heavy (non-hydrogen) atoms. The number of carboxylic acids is 1. The van der Waals surface area contributed by atoms with E-state index >= 15 is 0 Å². The molecule has 0 saturated heterocycles. The molecule has 1 N–H and O–H groups in total. The minimum absolute atomic E-state index is 0.191. The Balaban J connectivity index is 2.31. The number of amides is 1. The lowest BCUT2D eigenvalue weighted by atomic mass is 10.1. The zero-order valence-electron chi connectivity index (χ0n) is 13.0. The highest BCUT2D eigenvalue weighted by atomic mass is 16.4. The summed E-state index contributed by atoms with van der Waals surface area (Å²) in [6, 6.07) is 6.22. The molecular weight excluding hydrogens is 298 g/mol. The number of benzene rings is 1. The van der Waals surface area contributed by atoms with Crippen LogP contribution in [0.1, 0.15) is 30.8 Å². The fourth-order valence-corrected chi connectivity index (χ4v) is 2.19. The number of carbonyl (C=O) groups excluding carboxylic acids is 2. The van der Waals surface area contributed by atoms with Gasteiger partial charge < -0.3 is 15.2 Å². The molecule has 0 saturated carbocycles. The minimum Gasteiger partial charge on any atom is -0.543 e. The van der Waals surface area contributed by atoms with Crippen LogP contribution in [0.5, 0.6) is 0 Å². The Morgan fingerprint density at radius 2 is 1.91 bits per heavy atom. The molecule has 0 radical (unpaired) electrons. The summed E-state index contributed by atoms with van der Waals surface area (Å²) in [4.78, 5) is 35.4. The largest absolute Gasteiger partial charge is 0.543 e. The lowest BCUT2D eigenvalue weighted by Gasteiger charge is -2.12. The lowest BCUT2D eigenvalue weighted by Crippen LogP contribution is -2.36. The van der Waals surface area contributed by atoms with Crippen molar-refractivity contribution in [2.24, 2.45) is 5.92 Å². The molecular formula is C16H18N3O4-. The Hall–Kier alpha value is -2.70. The van der Waals surface area contributed by atoms with Crippen LogP contribution in [0.3, 0.4) is 0 Å². The van der Waals surface area contributed by atoms with E-state index in [2.05, 4.69) is 10.4 Å². The van der Waals surface area contributed by atoms with E-state index in [1.807, 2.05) is 13.8 Å². The lowest BCUT2D eigenvalue weighted by molar-refractivity contribution is -0.255. The van der Waals surface area contributed by atoms with Crippen LogP contribution in [0.4, 0.5) is 0 Å². The molecule has 1 amide bonds. The van der Waals surface area contributed by atoms with Crippen LogP contribution in [0.15, 0.2) is 29.1 Å². The van der Waals surface area contributed by atoms with Gasteiger partial charge in [-0.15, -0.1) is 0 Å². The van der Waals surface area contributed by atoms with Gasteiger partial charge >= 0.3 is 0 Å². The van der Waals surface area contributed by atoms with Crippen molar-refractivity contribution in [3.8, 4) is 0 Å². The standard InChI is InChI=1S/C16H19N3O4/c1-10(2)7-8-17-13(20)9-19-15(21)12-6-4-3-5-11(12)14(18-19)16(22)23/h3-6,10H,7-9H2,1-2H3,(H,17,20)(H,22,23)/p-1. The number of aromatic carboxylic acids is 1. The normalized spacial score (nSPS) is 10.9. The van der Waals surface area contributed by atoms with Gasteiger partial charge in [0.25, 0.3) is 5.56 Å². The summed E-state index contributed by atoms with van der Waals surface area (Å²) in [7, 11) is 0. The summed E-state index contributed by atoms with van der Waals surface area (Å²) < 4.78 is 0.859. The predicted molar refractivity (Wildman–Crippen MR) is 82.8 cm³/mol. The molecule has 1 aromatic heterocycles. The van der Waals surface area contributed by atoms with Crippen molar-refractivity contribution in [1.82, 2.24) is 15.1 Å². The Labute approximate surface area is 132 Å². The van der Waals surface area contributed by atoms with E-state index in [9.17, 15) is 19.5 Å². The van der Waals surface area contributed by atoms with Crippen LogP contribution < -0.4 is 16.0 Å². The summed E-state index contributed by atoms with van der Waals surface area (Å²) in [6.45, 7) is 4.23. The number of hydrogen-bond acceptors (Lipinski definition) is 5. The number of nitrogens with one attached hydrogen (secondary N) is 1. The molecule has 1 heterocycles. The van der Waals surface area contributed by atoms with Crippen molar-refractivity contribution in [2.45, 2.75) is 26.8 Å². The third-order valence-electron chi connectivity index (χ3n) is 3.40. The molecule has 0 aliphatic carbocycles. The second-order valence-corrected chi connectivity index (χ2v) is 5.68. The highest BCUT2D eigenvalue weighted by Gasteiger charge is 2.13. The van der Waals surface area contributed by atoms with E-state index in [0.29, 0.717) is 12.5 Å². The Morgan fingerprint density at radius 3 is 2.52 bits per heavy atom. The van der Waals surface area contributed by atoms with Crippen LogP contribution in [0.25, 0.3) is 10.8 Å². The average Bonchev–Trinajstić information content (AvgIpc) is 2.49. The van der Waals surface area contributed by atoms with Gasteiger partial charge in [-0.3, -0.25) is 9.59 Å². The topological polar surface area (TPSA) is 104 Å². The van der Waals surface area contributed by atoms with Gasteiger partial charge in [0.1, 0.15) is 12.2 Å². The van der Waals surface area contributed by atoms with Crippen LogP contribution in [-0.4, -0.2) is 28.2 Å². The maximum atomic E-state index is 12.3. The molecule has 2 rings (SSSR count). The van der Waals surface area contributed by atoms with Crippen LogP contribution in [0, 0.1) is 5.92 Å². The summed E-state index contributed by atoms with van der Waals surface area (Å²) in [5, 5.41) is 18.1. The zero-order chi connectivity index (χ0) is 17.0. The molecule has 0 unspecified atom stereocenters. The number of aromatic nitrogens is 2. The van der Waals surface area contributed by atoms with Crippen molar-refractivity contribution >= 4 is 22.6 Å². The van der Waals surface area contributed by atoms with Crippen LogP contribution in [0.2, 0.25) is 0 Å². The van der Waals surface area contributed by atoms with E-state index in [0.717, 1.165) is 11.1 Å². The number of carboxylic acid groups (broad SMARTS) is 1. The molecule has 2 aromatic rings. The van der Waals surface area contributed by atoms with E-state index in [1.54, 1.807) is 12.1 Å². The number of fused-ring (bicyclic) bond motifs is 1. The molecule has 0 aliphatic rings. The maximum absolute atomic E-state index is 12.3. The van der Waals surface area contributed by atoms with E-state index in [-0.39, 0.29) is 28.9 Å². The van der Waals surface area contributed by atoms with Crippen molar-refractivity contribution < 1.29 is 14.7 Å². The fraction of sp³-hybridized carbons (Fsp3) is 0.375. The third-order valence-corrected chi connectivity index (χ3v) is 3.40. The van der Waals surface area contributed by atoms with Crippen molar-refractivity contribution in [3.05, 3.63) is 40.3 Å². The Morgan fingerprint density at radius 1 is 1.26 bits per heavy atom. The first kappa shape index (κ1) is 16.7. The smallest absolute Gasteiger partial charge is 0.275 e. The third kappa shape index (κ3) is 3.94. The molecule has 0 atom stereocenters. The highest BCUT2D eigenvalue weighted by Crippen LogP contribution is 2.12. The molecule has 0 bridgehead atoms. The first-order valence-corrected chi connectivity index (χ1v) is 7.38. The molecule has 7 nitrogen and oxygen atoms in total. The minimum atomic E-state index is -1.49. The summed E-state index contributed by atoms with van der Waals surface area (Å²) in [5.74, 6) is -1.43.